The molecule has 326 valence electrons. The van der Waals surface area contributed by atoms with Gasteiger partial charge in [-0.1, -0.05) is 40.3 Å². The Labute approximate surface area is 341 Å². The number of rotatable bonds is 21. The van der Waals surface area contributed by atoms with E-state index in [4.69, 9.17) is 33.2 Å². The van der Waals surface area contributed by atoms with E-state index in [2.05, 4.69) is 30.2 Å². The molecule has 0 aromatic carbocycles. The molecule has 0 aromatic heterocycles. The number of hydrogen-bond donors (Lipinski definition) is 0. The molecule has 0 amide bonds. The summed E-state index contributed by atoms with van der Waals surface area (Å²) in [5, 5.41) is 0.160. The average molecular weight is 839 g/mol. The molecule has 0 fully saturated rings. The van der Waals surface area contributed by atoms with Crippen molar-refractivity contribution in [2.75, 3.05) is 50.9 Å². The fraction of sp³-hybridized carbons (Fsp3) is 0.895. The van der Waals surface area contributed by atoms with Crippen LogP contribution < -0.4 is 0 Å². The van der Waals surface area contributed by atoms with Gasteiger partial charge in [-0.2, -0.15) is 0 Å². The molecule has 0 aliphatic heterocycles. The van der Waals surface area contributed by atoms with Gasteiger partial charge >= 0.3 is 18.1 Å². The number of hydrogen-bond acceptors (Lipinski definition) is 16. The van der Waals surface area contributed by atoms with Crippen LogP contribution in [0.2, 0.25) is 0 Å². The predicted octanol–water partition coefficient (Wildman–Crippen LogP) is 9.71. The van der Waals surface area contributed by atoms with Gasteiger partial charge in [-0.05, 0) is 110 Å². The monoisotopic (exact) mass is 838 g/mol. The molecule has 0 aliphatic rings. The third-order valence-corrected chi connectivity index (χ3v) is 7.96. The van der Waals surface area contributed by atoms with E-state index in [1.54, 1.807) is 20.8 Å². The topological polar surface area (TPSA) is 151 Å². The maximum absolute atomic E-state index is 11.1. The summed E-state index contributed by atoms with van der Waals surface area (Å²) >= 11 is 1.31. The van der Waals surface area contributed by atoms with Gasteiger partial charge in [-0.25, -0.2) is 4.79 Å². The van der Waals surface area contributed by atoms with Crippen molar-refractivity contribution in [1.82, 2.24) is 0 Å². The van der Waals surface area contributed by atoms with E-state index >= 15 is 0 Å². The first-order valence-electron chi connectivity index (χ1n) is 18.5. The standard InChI is InChI=1S/C9H18O3.C8H16O4.C8H18OS2.C7H14O2S.C6H12O3/c1-7(2)11-6-12-8(10)9(3,4)5;1-6(2)10-5-11-8(9)12-7(3)4;1-4-6-10-11-7-5-9-8(2)3;1-6(2)9-4-5-10-7(3)8;1-5(2)8-4-9-6(3)7/h7H,6H2,1-5H3;6-7H,5H2,1-4H3;8H,4-7H2,1-3H3;6H,4-5H2,1-3H3;5H,4H2,1-3H3. The molecule has 0 unspecified atom stereocenters. The summed E-state index contributed by atoms with van der Waals surface area (Å²) in [6.07, 6.45) is 1.34. The highest BCUT2D eigenvalue weighted by atomic mass is 33.1. The van der Waals surface area contributed by atoms with E-state index in [0.29, 0.717) is 12.7 Å². The number of thioether (sulfide) groups is 1. The highest BCUT2D eigenvalue weighted by molar-refractivity contribution is 8.76. The largest absolute Gasteiger partial charge is 0.510 e. The summed E-state index contributed by atoms with van der Waals surface area (Å²) in [6.45, 7) is 35.1. The highest BCUT2D eigenvalue weighted by Gasteiger charge is 2.22. The van der Waals surface area contributed by atoms with E-state index in [9.17, 15) is 19.2 Å². The van der Waals surface area contributed by atoms with Crippen LogP contribution in [0.25, 0.3) is 0 Å². The molecule has 0 bridgehead atoms. The maximum Gasteiger partial charge on any atom is 0.510 e. The van der Waals surface area contributed by atoms with Crippen molar-refractivity contribution in [3.05, 3.63) is 0 Å². The van der Waals surface area contributed by atoms with E-state index in [1.165, 1.54) is 30.9 Å². The van der Waals surface area contributed by atoms with Crippen molar-refractivity contribution >= 4 is 56.6 Å². The van der Waals surface area contributed by atoms with Crippen molar-refractivity contribution in [2.24, 2.45) is 5.41 Å². The van der Waals surface area contributed by atoms with Crippen LogP contribution in [-0.2, 0) is 57.0 Å². The molecule has 54 heavy (non-hydrogen) atoms. The lowest BCUT2D eigenvalue weighted by Gasteiger charge is -2.17. The number of carbonyl (C=O) groups is 4. The Morgan fingerprint density at radius 3 is 1.26 bits per heavy atom. The molecule has 0 N–H and O–H groups in total. The minimum atomic E-state index is -0.689. The van der Waals surface area contributed by atoms with Crippen LogP contribution in [-0.4, -0.2) is 111 Å². The smallest absolute Gasteiger partial charge is 0.439 e. The van der Waals surface area contributed by atoms with Crippen LogP contribution in [0.3, 0.4) is 0 Å². The minimum absolute atomic E-state index is 0.0494. The Bertz CT molecular complexity index is 864. The van der Waals surface area contributed by atoms with Crippen LogP contribution in [0.5, 0.6) is 0 Å². The molecule has 0 rings (SSSR count). The molecular weight excluding hydrogens is 761 g/mol. The van der Waals surface area contributed by atoms with Crippen molar-refractivity contribution in [3.63, 3.8) is 0 Å². The molecule has 0 aromatic rings. The van der Waals surface area contributed by atoms with Crippen LogP contribution in [0, 0.1) is 5.41 Å². The third-order valence-electron chi connectivity index (χ3n) is 4.61. The highest BCUT2D eigenvalue weighted by Crippen LogP contribution is 2.21. The normalized spacial score (nSPS) is 10.7. The predicted molar refractivity (Wildman–Crippen MR) is 224 cm³/mol. The van der Waals surface area contributed by atoms with E-state index in [0.717, 1.165) is 18.1 Å². The van der Waals surface area contributed by atoms with E-state index in [1.807, 2.05) is 97.7 Å². The Morgan fingerprint density at radius 2 is 0.907 bits per heavy atom. The zero-order valence-corrected chi connectivity index (χ0v) is 39.3. The van der Waals surface area contributed by atoms with E-state index in [-0.39, 0.29) is 68.0 Å². The third kappa shape index (κ3) is 72.0. The number of esters is 2. The van der Waals surface area contributed by atoms with Crippen LogP contribution >= 0.6 is 33.3 Å². The van der Waals surface area contributed by atoms with Crippen molar-refractivity contribution < 1.29 is 61.8 Å². The molecule has 0 heterocycles. The molecule has 0 spiro atoms. The second-order valence-electron chi connectivity index (χ2n) is 13.7. The van der Waals surface area contributed by atoms with Gasteiger partial charge < -0.3 is 42.6 Å². The first-order valence-corrected chi connectivity index (χ1v) is 22.0. The Morgan fingerprint density at radius 1 is 0.519 bits per heavy atom. The second-order valence-corrected chi connectivity index (χ2v) is 17.7. The fourth-order valence-electron chi connectivity index (χ4n) is 2.13. The summed E-state index contributed by atoms with van der Waals surface area (Å²) in [4.78, 5) is 42.4. The molecular formula is C38H78O13S3. The quantitative estimate of drug-likeness (QED) is 0.0354. The van der Waals surface area contributed by atoms with Crippen molar-refractivity contribution in [2.45, 2.75) is 168 Å². The lowest BCUT2D eigenvalue weighted by molar-refractivity contribution is -0.168. The van der Waals surface area contributed by atoms with Crippen LogP contribution in [0.1, 0.15) is 131 Å². The van der Waals surface area contributed by atoms with Crippen LogP contribution in [0.4, 0.5) is 4.79 Å². The van der Waals surface area contributed by atoms with Gasteiger partial charge in [0.2, 0.25) is 0 Å². The molecule has 0 aliphatic carbocycles. The first kappa shape index (κ1) is 61.9. The van der Waals surface area contributed by atoms with Crippen molar-refractivity contribution in [3.8, 4) is 0 Å². The van der Waals surface area contributed by atoms with Gasteiger partial charge in [-0.15, -0.1) is 0 Å². The Kier molecular flexibility index (Phi) is 49.2. The molecule has 0 saturated heterocycles. The molecule has 13 nitrogen and oxygen atoms in total. The van der Waals surface area contributed by atoms with Gasteiger partial charge in [0, 0.05) is 31.1 Å². The van der Waals surface area contributed by atoms with E-state index < -0.39 is 11.6 Å². The van der Waals surface area contributed by atoms with Gasteiger partial charge in [0.1, 0.15) is 0 Å². The van der Waals surface area contributed by atoms with Gasteiger partial charge in [0.05, 0.1) is 55.3 Å². The van der Waals surface area contributed by atoms with Gasteiger partial charge in [0.15, 0.2) is 25.5 Å². The first-order chi connectivity index (χ1) is 24.9. The molecule has 0 radical (unpaired) electrons. The number of carbonyl (C=O) groups excluding carboxylic acids is 4. The fourth-order valence-corrected chi connectivity index (χ4v) is 4.57. The van der Waals surface area contributed by atoms with Crippen molar-refractivity contribution in [1.29, 1.82) is 0 Å². The summed E-state index contributed by atoms with van der Waals surface area (Å²) < 4.78 is 44.2. The Hall–Kier alpha value is -1.27. The average Bonchev–Trinajstić information content (AvgIpc) is 3.00. The van der Waals surface area contributed by atoms with Crippen LogP contribution in [0.15, 0.2) is 0 Å². The SMILES string of the molecule is CC(=O)OCOC(C)C.CC(=O)SCCOC(C)C.CC(C)OCOC(=O)C(C)(C)C.CC(C)OCOC(=O)OC(C)C.CCCSSCCOC(C)C. The number of ether oxygens (including phenoxy) is 9. The Balaban J connectivity index is -0.000000186. The molecule has 16 heteroatoms. The summed E-state index contributed by atoms with van der Waals surface area (Å²) in [7, 11) is 3.85. The minimum Gasteiger partial charge on any atom is -0.439 e. The summed E-state index contributed by atoms with van der Waals surface area (Å²) in [6, 6.07) is 0. The maximum atomic E-state index is 11.1. The molecule has 0 atom stereocenters. The summed E-state index contributed by atoms with van der Waals surface area (Å²) in [5.74, 6) is 2.60. The lowest BCUT2D eigenvalue weighted by atomic mass is 9.98. The summed E-state index contributed by atoms with van der Waals surface area (Å²) in [5.41, 5.74) is -0.444. The van der Waals surface area contributed by atoms with Gasteiger partial charge in [0.25, 0.3) is 0 Å². The zero-order chi connectivity index (χ0) is 43.1. The zero-order valence-electron chi connectivity index (χ0n) is 36.9. The second kappa shape index (κ2) is 42.9. The van der Waals surface area contributed by atoms with Gasteiger partial charge in [-0.3, -0.25) is 14.4 Å². The lowest BCUT2D eigenvalue weighted by Crippen LogP contribution is -2.24. The molecule has 0 saturated carbocycles.